The number of sulfonamides is 1. The third kappa shape index (κ3) is 8.38. The molecule has 0 amide bonds. The van der Waals surface area contributed by atoms with Crippen molar-refractivity contribution in [3.8, 4) is 5.75 Å². The molecule has 2 rings (SSSR count). The molecule has 0 N–H and O–H groups in total. The minimum Gasteiger partial charge on any atom is -0.497 e. The Morgan fingerprint density at radius 1 is 1.09 bits per heavy atom. The van der Waals surface area contributed by atoms with Crippen LogP contribution in [0.3, 0.4) is 0 Å². The third-order valence-electron chi connectivity index (χ3n) is 5.09. The topological polar surface area (TPSA) is 89.0 Å². The molecule has 0 aliphatic rings. The second kappa shape index (κ2) is 12.3. The Bertz CT molecular complexity index is 1000. The van der Waals surface area contributed by atoms with Gasteiger partial charge in [0.15, 0.2) is 0 Å². The van der Waals surface area contributed by atoms with E-state index in [1.807, 2.05) is 14.1 Å². The standard InChI is InChI=1S/C25H37N3O5S/c1-25(2,3)33-24(29)23(11-7-8-17-27(4)5)28(19-20-10-9-16-26-18-20)34(30,31)22-14-12-21(32-6)13-15-22/h9-10,12-16,18,23H,7-8,11,17,19H2,1-6H3/t23-/m1/s1. The Morgan fingerprint density at radius 3 is 2.29 bits per heavy atom. The second-order valence-corrected chi connectivity index (χ2v) is 11.3. The van der Waals surface area contributed by atoms with Gasteiger partial charge in [0.1, 0.15) is 17.4 Å². The second-order valence-electron chi connectivity index (χ2n) is 9.44. The maximum atomic E-state index is 13.8. The van der Waals surface area contributed by atoms with Crippen molar-refractivity contribution >= 4 is 16.0 Å². The molecule has 0 aliphatic heterocycles. The highest BCUT2D eigenvalue weighted by Crippen LogP contribution is 2.27. The van der Waals surface area contributed by atoms with Crippen molar-refractivity contribution in [3.05, 3.63) is 54.4 Å². The number of carbonyl (C=O) groups is 1. The zero-order valence-electron chi connectivity index (χ0n) is 21.0. The van der Waals surface area contributed by atoms with E-state index in [1.165, 1.54) is 23.5 Å². The fourth-order valence-corrected chi connectivity index (χ4v) is 5.03. The van der Waals surface area contributed by atoms with Crippen molar-refractivity contribution in [2.75, 3.05) is 27.7 Å². The summed E-state index contributed by atoms with van der Waals surface area (Å²) in [6.45, 7) is 6.17. The number of rotatable bonds is 12. The Morgan fingerprint density at radius 2 is 1.76 bits per heavy atom. The summed E-state index contributed by atoms with van der Waals surface area (Å²) in [6.07, 6.45) is 5.07. The molecule has 9 heteroatoms. The SMILES string of the molecule is COc1ccc(S(=O)(=O)N(Cc2cccnc2)[C@H](CCCCN(C)C)C(=O)OC(C)(C)C)cc1. The van der Waals surface area contributed by atoms with Gasteiger partial charge in [-0.05, 0) is 96.6 Å². The molecule has 0 unspecified atom stereocenters. The van der Waals surface area contributed by atoms with Gasteiger partial charge in [0.25, 0.3) is 0 Å². The Balaban J connectivity index is 2.48. The van der Waals surface area contributed by atoms with Crippen LogP contribution in [0.2, 0.25) is 0 Å². The third-order valence-corrected chi connectivity index (χ3v) is 6.96. The first-order valence-corrected chi connectivity index (χ1v) is 12.8. The summed E-state index contributed by atoms with van der Waals surface area (Å²) in [7, 11) is 1.44. The molecule has 0 fully saturated rings. The van der Waals surface area contributed by atoms with Crippen LogP contribution in [0.25, 0.3) is 0 Å². The molecule has 0 saturated heterocycles. The van der Waals surface area contributed by atoms with Gasteiger partial charge < -0.3 is 14.4 Å². The van der Waals surface area contributed by atoms with E-state index in [1.54, 1.807) is 57.4 Å². The summed E-state index contributed by atoms with van der Waals surface area (Å²) in [4.78, 5) is 19.6. The number of hydrogen-bond donors (Lipinski definition) is 0. The smallest absolute Gasteiger partial charge is 0.324 e. The van der Waals surface area contributed by atoms with Crippen LogP contribution in [-0.4, -0.2) is 68.0 Å². The van der Waals surface area contributed by atoms with E-state index < -0.39 is 27.6 Å². The zero-order chi connectivity index (χ0) is 25.4. The molecule has 1 atom stereocenters. The molecule has 0 spiro atoms. The number of hydrogen-bond acceptors (Lipinski definition) is 7. The summed E-state index contributed by atoms with van der Waals surface area (Å²) < 4.78 is 39.8. The number of unbranched alkanes of at least 4 members (excludes halogenated alkanes) is 1. The summed E-state index contributed by atoms with van der Waals surface area (Å²) in [6, 6.07) is 8.72. The Kier molecular flexibility index (Phi) is 10.0. The van der Waals surface area contributed by atoms with Gasteiger partial charge in [-0.15, -0.1) is 0 Å². The van der Waals surface area contributed by atoms with Crippen LogP contribution in [0.4, 0.5) is 0 Å². The van der Waals surface area contributed by atoms with Crippen LogP contribution in [0.5, 0.6) is 5.75 Å². The number of aromatic nitrogens is 1. The first-order chi connectivity index (χ1) is 15.9. The summed E-state index contributed by atoms with van der Waals surface area (Å²) in [5, 5.41) is 0. The molecule has 1 aromatic carbocycles. The maximum Gasteiger partial charge on any atom is 0.324 e. The molecule has 188 valence electrons. The van der Waals surface area contributed by atoms with Gasteiger partial charge in [-0.3, -0.25) is 9.78 Å². The molecular weight excluding hydrogens is 454 g/mol. The van der Waals surface area contributed by atoms with Gasteiger partial charge in [0.05, 0.1) is 12.0 Å². The quantitative estimate of drug-likeness (QED) is 0.330. The summed E-state index contributed by atoms with van der Waals surface area (Å²) in [5.41, 5.74) is -0.0653. The lowest BCUT2D eigenvalue weighted by molar-refractivity contribution is -0.160. The van der Waals surface area contributed by atoms with E-state index in [9.17, 15) is 13.2 Å². The lowest BCUT2D eigenvalue weighted by Gasteiger charge is -2.32. The number of ether oxygens (including phenoxy) is 2. The molecule has 0 saturated carbocycles. The van der Waals surface area contributed by atoms with Crippen LogP contribution >= 0.6 is 0 Å². The van der Waals surface area contributed by atoms with Gasteiger partial charge in [-0.1, -0.05) is 6.07 Å². The van der Waals surface area contributed by atoms with Crippen molar-refractivity contribution in [1.82, 2.24) is 14.2 Å². The van der Waals surface area contributed by atoms with Crippen LogP contribution in [-0.2, 0) is 26.1 Å². The molecule has 1 heterocycles. The van der Waals surface area contributed by atoms with E-state index in [0.29, 0.717) is 24.2 Å². The van der Waals surface area contributed by atoms with Crippen LogP contribution in [0.1, 0.15) is 45.6 Å². The van der Waals surface area contributed by atoms with Gasteiger partial charge in [0.2, 0.25) is 10.0 Å². The van der Waals surface area contributed by atoms with Gasteiger partial charge in [0, 0.05) is 18.9 Å². The highest BCUT2D eigenvalue weighted by atomic mass is 32.2. The van der Waals surface area contributed by atoms with Crippen LogP contribution < -0.4 is 4.74 Å². The van der Waals surface area contributed by atoms with Crippen LogP contribution in [0.15, 0.2) is 53.7 Å². The number of carbonyl (C=O) groups excluding carboxylic acids is 1. The number of benzene rings is 1. The Hall–Kier alpha value is -2.49. The molecule has 0 radical (unpaired) electrons. The van der Waals surface area contributed by atoms with E-state index in [-0.39, 0.29) is 11.4 Å². The monoisotopic (exact) mass is 491 g/mol. The molecule has 2 aromatic rings. The first-order valence-electron chi connectivity index (χ1n) is 11.4. The number of nitrogens with zero attached hydrogens (tertiary/aromatic N) is 3. The fourth-order valence-electron chi connectivity index (χ4n) is 3.43. The number of pyridine rings is 1. The summed E-state index contributed by atoms with van der Waals surface area (Å²) in [5.74, 6) is -0.0107. The molecule has 34 heavy (non-hydrogen) atoms. The minimum atomic E-state index is -4.04. The van der Waals surface area contributed by atoms with E-state index in [0.717, 1.165) is 13.0 Å². The average Bonchev–Trinajstić information content (AvgIpc) is 2.77. The highest BCUT2D eigenvalue weighted by Gasteiger charge is 2.38. The molecule has 8 nitrogen and oxygen atoms in total. The van der Waals surface area contributed by atoms with E-state index >= 15 is 0 Å². The predicted octanol–water partition coefficient (Wildman–Crippen LogP) is 3.72. The zero-order valence-corrected chi connectivity index (χ0v) is 21.8. The lowest BCUT2D eigenvalue weighted by Crippen LogP contribution is -2.47. The lowest BCUT2D eigenvalue weighted by atomic mass is 10.1. The van der Waals surface area contributed by atoms with Crippen LogP contribution in [0, 0.1) is 0 Å². The van der Waals surface area contributed by atoms with Crippen molar-refractivity contribution < 1.29 is 22.7 Å². The maximum absolute atomic E-state index is 13.8. The molecule has 0 aliphatic carbocycles. The normalized spacial score (nSPS) is 13.2. The highest BCUT2D eigenvalue weighted by molar-refractivity contribution is 7.89. The molecule has 1 aromatic heterocycles. The van der Waals surface area contributed by atoms with E-state index in [2.05, 4.69) is 9.88 Å². The predicted molar refractivity (Wildman–Crippen MR) is 132 cm³/mol. The number of methoxy groups -OCH3 is 1. The van der Waals surface area contributed by atoms with Crippen molar-refractivity contribution in [1.29, 1.82) is 0 Å². The number of esters is 1. The van der Waals surface area contributed by atoms with Crippen molar-refractivity contribution in [2.45, 2.75) is 63.1 Å². The minimum absolute atomic E-state index is 0.000206. The molecule has 0 bridgehead atoms. The fraction of sp³-hybridized carbons (Fsp3) is 0.520. The first kappa shape index (κ1) is 27.8. The van der Waals surface area contributed by atoms with Gasteiger partial charge in [-0.2, -0.15) is 4.31 Å². The largest absolute Gasteiger partial charge is 0.497 e. The Labute approximate surface area is 203 Å². The summed E-state index contributed by atoms with van der Waals surface area (Å²) >= 11 is 0. The average molecular weight is 492 g/mol. The van der Waals surface area contributed by atoms with Gasteiger partial charge in [-0.25, -0.2) is 8.42 Å². The van der Waals surface area contributed by atoms with Crippen molar-refractivity contribution in [2.24, 2.45) is 0 Å². The van der Waals surface area contributed by atoms with Gasteiger partial charge >= 0.3 is 5.97 Å². The van der Waals surface area contributed by atoms with Crippen molar-refractivity contribution in [3.63, 3.8) is 0 Å². The molecular formula is C25H37N3O5S. The van der Waals surface area contributed by atoms with E-state index in [4.69, 9.17) is 9.47 Å².